The third-order valence-corrected chi connectivity index (χ3v) is 2.00. The fourth-order valence-corrected chi connectivity index (χ4v) is 1.14. The van der Waals surface area contributed by atoms with E-state index in [0.29, 0.717) is 0 Å². The molecule has 19 heavy (non-hydrogen) atoms. The number of aryl methyl sites for hydroxylation is 1. The number of hydrogen-bond donors (Lipinski definition) is 1. The zero-order valence-electron chi connectivity index (χ0n) is 12.4. The van der Waals surface area contributed by atoms with Crippen LogP contribution in [0.3, 0.4) is 0 Å². The van der Waals surface area contributed by atoms with Gasteiger partial charge in [-0.25, -0.2) is 0 Å². The molecular weight excluding hydrogens is 384 g/mol. The number of para-hydroxylation sites is 1. The summed E-state index contributed by atoms with van der Waals surface area (Å²) in [5.41, 5.74) is 2.48. The zero-order valence-corrected chi connectivity index (χ0v) is 18.1. The van der Waals surface area contributed by atoms with Crippen molar-refractivity contribution in [2.45, 2.75) is 6.92 Å². The molecule has 0 spiro atoms. The third kappa shape index (κ3) is 14.7. The van der Waals surface area contributed by atoms with E-state index in [0.717, 1.165) is 5.69 Å². The number of benzene rings is 2. The normalized spacial score (nSPS) is 6.84. The van der Waals surface area contributed by atoms with Crippen LogP contribution in [-0.4, -0.2) is 7.05 Å². The van der Waals surface area contributed by atoms with E-state index in [-0.39, 0.29) is 80.3 Å². The Morgan fingerprint density at radius 3 is 1.26 bits per heavy atom. The number of anilines is 1. The molecule has 0 unspecified atom stereocenters. The van der Waals surface area contributed by atoms with Crippen molar-refractivity contribution in [1.29, 1.82) is 0 Å². The summed E-state index contributed by atoms with van der Waals surface area (Å²) in [6.07, 6.45) is 0. The van der Waals surface area contributed by atoms with Gasteiger partial charge in [0.1, 0.15) is 0 Å². The van der Waals surface area contributed by atoms with Crippen LogP contribution in [-0.2, 0) is 65.4 Å². The van der Waals surface area contributed by atoms with Crippen LogP contribution in [0, 0.1) is 21.8 Å². The molecule has 1 N–H and O–H groups in total. The van der Waals surface area contributed by atoms with Crippen molar-refractivity contribution in [3.63, 3.8) is 0 Å². The smallest absolute Gasteiger partial charge is 0.0337 e. The Bertz CT molecular complexity index is 363. The summed E-state index contributed by atoms with van der Waals surface area (Å²) < 4.78 is 0. The Kier molecular flexibility index (Phi) is 26.9. The minimum absolute atomic E-state index is 0. The maximum Gasteiger partial charge on any atom is 0.0337 e. The first kappa shape index (κ1) is 27.7. The molecule has 1 nitrogen and oxygen atoms in total. The summed E-state index contributed by atoms with van der Waals surface area (Å²) >= 11 is 0. The van der Waals surface area contributed by atoms with Crippen molar-refractivity contribution in [1.82, 2.24) is 0 Å². The van der Waals surface area contributed by atoms with Crippen LogP contribution in [0.15, 0.2) is 60.7 Å². The summed E-state index contributed by atoms with van der Waals surface area (Å²) in [4.78, 5) is 0. The van der Waals surface area contributed by atoms with Crippen LogP contribution in [0.25, 0.3) is 0 Å². The van der Waals surface area contributed by atoms with Gasteiger partial charge in [0, 0.05) is 78.2 Å². The Labute approximate surface area is 169 Å². The average Bonchev–Trinajstić information content (AvgIpc) is 2.32. The predicted octanol–water partition coefficient (Wildman–Crippen LogP) is 4.62. The van der Waals surface area contributed by atoms with Gasteiger partial charge in [0.25, 0.3) is 0 Å². The van der Waals surface area contributed by atoms with Crippen LogP contribution in [0.5, 0.6) is 0 Å². The van der Waals surface area contributed by atoms with E-state index in [1.807, 2.05) is 55.6 Å². The Morgan fingerprint density at radius 2 is 1.05 bits per heavy atom. The third-order valence-electron chi connectivity index (χ3n) is 2.00. The van der Waals surface area contributed by atoms with Crippen LogP contribution in [0.4, 0.5) is 5.69 Å². The molecule has 100 valence electrons. The van der Waals surface area contributed by atoms with Crippen LogP contribution in [0.1, 0.15) is 5.56 Å². The van der Waals surface area contributed by atoms with E-state index in [9.17, 15) is 0 Å². The Balaban J connectivity index is -0.0000000983. The van der Waals surface area contributed by atoms with Crippen molar-refractivity contribution in [2.24, 2.45) is 0 Å². The first-order chi connectivity index (χ1) is 7.33. The predicted molar refractivity (Wildman–Crippen MR) is 80.0 cm³/mol. The molecule has 0 atom stereocenters. The van der Waals surface area contributed by atoms with Crippen molar-refractivity contribution in [3.05, 3.63) is 81.1 Å². The molecule has 0 heterocycles. The Hall–Kier alpha value is 0.448. The molecule has 3 heteroatoms. The van der Waals surface area contributed by atoms with Crippen LogP contribution in [0.2, 0.25) is 0 Å². The van der Waals surface area contributed by atoms with Gasteiger partial charge in [-0.1, -0.05) is 54.1 Å². The van der Waals surface area contributed by atoms with Gasteiger partial charge in [0.2, 0.25) is 0 Å². The summed E-state index contributed by atoms with van der Waals surface area (Å²) in [5, 5.41) is 3.03. The summed E-state index contributed by atoms with van der Waals surface area (Å²) in [6.45, 7) is 2.08. The molecule has 2 aromatic carbocycles. The van der Waals surface area contributed by atoms with Gasteiger partial charge in [-0.15, -0.1) is 0 Å². The van der Waals surface area contributed by atoms with E-state index in [1.54, 1.807) is 0 Å². The fourth-order valence-electron chi connectivity index (χ4n) is 1.14. The summed E-state index contributed by atoms with van der Waals surface area (Å²) in [5.74, 6) is 0. The molecule has 2 aromatic rings. The van der Waals surface area contributed by atoms with E-state index in [2.05, 4.69) is 24.4 Å². The van der Waals surface area contributed by atoms with Crippen molar-refractivity contribution in [2.75, 3.05) is 12.4 Å². The van der Waals surface area contributed by atoms with Crippen LogP contribution < -0.4 is 5.32 Å². The molecular formula is C16H23NY2-2. The second-order valence-corrected chi connectivity index (χ2v) is 3.27. The van der Waals surface area contributed by atoms with E-state index in [4.69, 9.17) is 0 Å². The first-order valence-electron chi connectivity index (χ1n) is 5.07. The van der Waals surface area contributed by atoms with Crippen molar-refractivity contribution < 1.29 is 65.4 Å². The quantitative estimate of drug-likeness (QED) is 0.681. The molecule has 0 amide bonds. The average molecular weight is 407 g/mol. The molecule has 0 aliphatic rings. The molecule has 0 aromatic heterocycles. The Morgan fingerprint density at radius 1 is 0.684 bits per heavy atom. The van der Waals surface area contributed by atoms with Gasteiger partial charge in [-0.3, -0.25) is 0 Å². The molecule has 0 fully saturated rings. The fraction of sp³-hybridized carbons (Fsp3) is 0.125. The topological polar surface area (TPSA) is 12.0 Å². The molecule has 2 radical (unpaired) electrons. The van der Waals surface area contributed by atoms with Crippen LogP contribution >= 0.6 is 0 Å². The molecule has 0 bridgehead atoms. The van der Waals surface area contributed by atoms with Gasteiger partial charge in [0.15, 0.2) is 0 Å². The van der Waals surface area contributed by atoms with Crippen molar-refractivity contribution >= 4 is 5.69 Å². The zero-order chi connectivity index (χ0) is 10.9. The first-order valence-corrected chi connectivity index (χ1v) is 5.07. The largest absolute Gasteiger partial charge is 0.388 e. The molecule has 2 rings (SSSR count). The van der Waals surface area contributed by atoms with Gasteiger partial charge in [-0.05, 0) is 19.1 Å². The molecule has 0 aliphatic carbocycles. The number of nitrogens with one attached hydrogen (secondary N) is 1. The SMILES string of the molecule is CNc1ccccc1.Cc1ccccc1.[CH3-].[CH3-].[Y].[Y]. The van der Waals surface area contributed by atoms with E-state index >= 15 is 0 Å². The minimum atomic E-state index is 0. The van der Waals surface area contributed by atoms with Crippen molar-refractivity contribution in [3.8, 4) is 0 Å². The molecule has 0 aliphatic heterocycles. The second kappa shape index (κ2) is 18.4. The van der Waals surface area contributed by atoms with Gasteiger partial charge < -0.3 is 20.2 Å². The molecule has 0 saturated carbocycles. The summed E-state index contributed by atoms with van der Waals surface area (Å²) in [7, 11) is 1.91. The summed E-state index contributed by atoms with van der Waals surface area (Å²) in [6, 6.07) is 20.3. The second-order valence-electron chi connectivity index (χ2n) is 3.27. The van der Waals surface area contributed by atoms with Gasteiger partial charge >= 0.3 is 0 Å². The van der Waals surface area contributed by atoms with Gasteiger partial charge in [-0.2, -0.15) is 0 Å². The number of rotatable bonds is 1. The van der Waals surface area contributed by atoms with Gasteiger partial charge in [0.05, 0.1) is 0 Å². The minimum Gasteiger partial charge on any atom is -0.388 e. The van der Waals surface area contributed by atoms with E-state index in [1.165, 1.54) is 5.56 Å². The number of hydrogen-bond acceptors (Lipinski definition) is 1. The monoisotopic (exact) mass is 407 g/mol. The maximum atomic E-state index is 3.03. The van der Waals surface area contributed by atoms with E-state index < -0.39 is 0 Å². The molecule has 0 saturated heterocycles. The maximum absolute atomic E-state index is 3.03. The standard InChI is InChI=1S/C7H9N.C7H8.2CH3.2Y/c1-8-7-5-3-2-4-6-7;1-7-5-3-2-4-6-7;;;;/h2-6,8H,1H3;2-6H,1H3;2*1H3;;/q;;2*-1;;.